The average Bonchev–Trinajstić information content (AvgIpc) is 2.49. The first kappa shape index (κ1) is 15.9. The van der Waals surface area contributed by atoms with Crippen LogP contribution in [-0.4, -0.2) is 47.4 Å². The van der Waals surface area contributed by atoms with E-state index in [0.717, 1.165) is 0 Å². The largest absolute Gasteiger partial charge is 0.463 e. The van der Waals surface area contributed by atoms with E-state index in [1.807, 2.05) is 11.8 Å². The molecule has 0 spiro atoms. The van der Waals surface area contributed by atoms with E-state index in [2.05, 4.69) is 5.32 Å². The summed E-state index contributed by atoms with van der Waals surface area (Å²) in [6.07, 6.45) is -0.0103. The number of hydrogen-bond acceptors (Lipinski definition) is 6. The highest BCUT2D eigenvalue weighted by Gasteiger charge is 2.32. The number of amides is 1. The van der Waals surface area contributed by atoms with Gasteiger partial charge in [0.15, 0.2) is 0 Å². The van der Waals surface area contributed by atoms with E-state index < -0.39 is 16.9 Å². The van der Waals surface area contributed by atoms with Gasteiger partial charge in [-0.25, -0.2) is 0 Å². The lowest BCUT2D eigenvalue weighted by molar-refractivity contribution is -0.384. The molecule has 1 unspecified atom stereocenters. The fraction of sp³-hybridized carbons (Fsp3) is 0.429. The van der Waals surface area contributed by atoms with Crippen LogP contribution in [0.3, 0.4) is 0 Å². The van der Waals surface area contributed by atoms with Gasteiger partial charge in [-0.3, -0.25) is 24.6 Å². The Labute approximate surface area is 127 Å². The van der Waals surface area contributed by atoms with Crippen LogP contribution in [0.1, 0.15) is 13.3 Å². The Morgan fingerprint density at radius 3 is 2.73 bits per heavy atom. The van der Waals surface area contributed by atoms with E-state index in [1.165, 1.54) is 24.3 Å². The van der Waals surface area contributed by atoms with Crippen molar-refractivity contribution in [3.8, 4) is 0 Å². The van der Waals surface area contributed by atoms with E-state index in [1.54, 1.807) is 0 Å². The molecule has 1 heterocycles. The Morgan fingerprint density at radius 2 is 2.14 bits per heavy atom. The molecule has 1 aromatic carbocycles. The first-order chi connectivity index (χ1) is 10.5. The second kappa shape index (κ2) is 6.99. The van der Waals surface area contributed by atoms with Gasteiger partial charge < -0.3 is 10.1 Å². The first-order valence-corrected chi connectivity index (χ1v) is 6.96. The molecule has 0 aromatic heterocycles. The smallest absolute Gasteiger partial charge is 0.323 e. The van der Waals surface area contributed by atoms with Crippen LogP contribution < -0.4 is 5.32 Å². The molecule has 2 rings (SSSR count). The number of likely N-dealkylation sites (N-methyl/N-ethyl adjacent to an activating group) is 1. The Kier molecular flexibility index (Phi) is 5.05. The van der Waals surface area contributed by atoms with Crippen LogP contribution in [0.2, 0.25) is 0 Å². The van der Waals surface area contributed by atoms with Crippen molar-refractivity contribution in [1.29, 1.82) is 0 Å². The summed E-state index contributed by atoms with van der Waals surface area (Å²) >= 11 is 0. The molecule has 1 amide bonds. The predicted molar refractivity (Wildman–Crippen MR) is 78.3 cm³/mol. The fourth-order valence-electron chi connectivity index (χ4n) is 2.31. The monoisotopic (exact) mass is 307 g/mol. The molecular formula is C14H17N3O5. The van der Waals surface area contributed by atoms with Gasteiger partial charge in [0, 0.05) is 24.4 Å². The number of cyclic esters (lactones) is 1. The maximum atomic E-state index is 12.0. The number of nitrogens with zero attached hydrogens (tertiary/aromatic N) is 2. The van der Waals surface area contributed by atoms with Gasteiger partial charge in [-0.1, -0.05) is 6.92 Å². The molecule has 0 radical (unpaired) electrons. The van der Waals surface area contributed by atoms with E-state index >= 15 is 0 Å². The van der Waals surface area contributed by atoms with E-state index in [4.69, 9.17) is 4.74 Å². The number of rotatable bonds is 5. The summed E-state index contributed by atoms with van der Waals surface area (Å²) in [5.41, 5.74) is 0.397. The van der Waals surface area contributed by atoms with Gasteiger partial charge >= 0.3 is 5.97 Å². The number of ether oxygens (including phenoxy) is 1. The van der Waals surface area contributed by atoms with Crippen LogP contribution in [0, 0.1) is 10.1 Å². The molecule has 0 aliphatic carbocycles. The van der Waals surface area contributed by atoms with Gasteiger partial charge in [-0.2, -0.15) is 0 Å². The number of carbonyl (C=O) groups is 2. The van der Waals surface area contributed by atoms with E-state index in [9.17, 15) is 19.7 Å². The summed E-state index contributed by atoms with van der Waals surface area (Å²) in [5.74, 6) is -0.733. The molecule has 0 saturated carbocycles. The van der Waals surface area contributed by atoms with Crippen molar-refractivity contribution in [2.75, 3.05) is 25.0 Å². The van der Waals surface area contributed by atoms with Crippen LogP contribution in [0.15, 0.2) is 24.3 Å². The SMILES string of the molecule is CCN1CCOC(=O)C1CC(=O)Nc1ccc([N+](=O)[O-])cc1. The summed E-state index contributed by atoms with van der Waals surface area (Å²) in [6.45, 7) is 3.52. The van der Waals surface area contributed by atoms with Gasteiger partial charge in [0.05, 0.1) is 11.3 Å². The van der Waals surface area contributed by atoms with Crippen molar-refractivity contribution in [1.82, 2.24) is 4.90 Å². The zero-order valence-electron chi connectivity index (χ0n) is 12.2. The van der Waals surface area contributed by atoms with E-state index in [0.29, 0.717) is 25.4 Å². The van der Waals surface area contributed by atoms with Crippen molar-refractivity contribution < 1.29 is 19.2 Å². The number of morpholine rings is 1. The Hall–Kier alpha value is -2.48. The minimum absolute atomic E-state index is 0.0103. The molecule has 118 valence electrons. The van der Waals surface area contributed by atoms with Crippen molar-refractivity contribution in [3.63, 3.8) is 0 Å². The summed E-state index contributed by atoms with van der Waals surface area (Å²) in [5, 5.41) is 13.2. The van der Waals surface area contributed by atoms with Crippen LogP contribution in [0.5, 0.6) is 0 Å². The van der Waals surface area contributed by atoms with Crippen LogP contribution in [-0.2, 0) is 14.3 Å². The second-order valence-corrected chi connectivity index (χ2v) is 4.87. The van der Waals surface area contributed by atoms with Gasteiger partial charge in [0.2, 0.25) is 5.91 Å². The van der Waals surface area contributed by atoms with Crippen LogP contribution in [0.4, 0.5) is 11.4 Å². The van der Waals surface area contributed by atoms with E-state index in [-0.39, 0.29) is 18.0 Å². The van der Waals surface area contributed by atoms with Crippen molar-refractivity contribution in [3.05, 3.63) is 34.4 Å². The maximum Gasteiger partial charge on any atom is 0.323 e. The normalized spacial score (nSPS) is 18.6. The molecule has 8 nitrogen and oxygen atoms in total. The second-order valence-electron chi connectivity index (χ2n) is 4.87. The number of benzene rings is 1. The average molecular weight is 307 g/mol. The third kappa shape index (κ3) is 3.79. The highest BCUT2D eigenvalue weighted by atomic mass is 16.6. The number of nitrogens with one attached hydrogen (secondary N) is 1. The lowest BCUT2D eigenvalue weighted by atomic mass is 10.1. The quantitative estimate of drug-likeness (QED) is 0.498. The molecule has 1 saturated heterocycles. The number of hydrogen-bond donors (Lipinski definition) is 1. The first-order valence-electron chi connectivity index (χ1n) is 6.96. The molecule has 1 aliphatic rings. The summed E-state index contributed by atoms with van der Waals surface area (Å²) in [6, 6.07) is 4.93. The number of non-ortho nitro benzene ring substituents is 1. The highest BCUT2D eigenvalue weighted by Crippen LogP contribution is 2.17. The maximum absolute atomic E-state index is 12.0. The Morgan fingerprint density at radius 1 is 1.45 bits per heavy atom. The fourth-order valence-corrected chi connectivity index (χ4v) is 2.31. The van der Waals surface area contributed by atoms with Gasteiger partial charge in [0.1, 0.15) is 12.6 Å². The standard InChI is InChI=1S/C14H17N3O5/c1-2-16-7-8-22-14(19)12(16)9-13(18)15-10-3-5-11(6-4-10)17(20)21/h3-6,12H,2,7-9H2,1H3,(H,15,18). The lowest BCUT2D eigenvalue weighted by Crippen LogP contribution is -2.50. The minimum Gasteiger partial charge on any atom is -0.463 e. The van der Waals surface area contributed by atoms with Crippen LogP contribution >= 0.6 is 0 Å². The molecular weight excluding hydrogens is 290 g/mol. The molecule has 0 bridgehead atoms. The molecule has 1 N–H and O–H groups in total. The third-order valence-corrected chi connectivity index (χ3v) is 3.48. The predicted octanol–water partition coefficient (Wildman–Crippen LogP) is 1.17. The van der Waals surface area contributed by atoms with Crippen molar-refractivity contribution >= 4 is 23.3 Å². The molecule has 1 atom stereocenters. The number of esters is 1. The number of carbonyl (C=O) groups excluding carboxylic acids is 2. The summed E-state index contributed by atoms with van der Waals surface area (Å²) < 4.78 is 4.98. The topological polar surface area (TPSA) is 102 Å². The third-order valence-electron chi connectivity index (χ3n) is 3.48. The lowest BCUT2D eigenvalue weighted by Gasteiger charge is -2.32. The number of anilines is 1. The number of nitro benzene ring substituents is 1. The molecule has 1 fully saturated rings. The van der Waals surface area contributed by atoms with Gasteiger partial charge in [-0.05, 0) is 18.7 Å². The Bertz CT molecular complexity index is 572. The molecule has 22 heavy (non-hydrogen) atoms. The van der Waals surface area contributed by atoms with Crippen molar-refractivity contribution in [2.45, 2.75) is 19.4 Å². The number of nitro groups is 1. The Balaban J connectivity index is 1.96. The molecule has 1 aliphatic heterocycles. The van der Waals surface area contributed by atoms with Crippen LogP contribution in [0.25, 0.3) is 0 Å². The van der Waals surface area contributed by atoms with Gasteiger partial charge in [-0.15, -0.1) is 0 Å². The zero-order valence-corrected chi connectivity index (χ0v) is 12.2. The minimum atomic E-state index is -0.586. The van der Waals surface area contributed by atoms with Gasteiger partial charge in [0.25, 0.3) is 5.69 Å². The van der Waals surface area contributed by atoms with Crippen molar-refractivity contribution in [2.24, 2.45) is 0 Å². The highest BCUT2D eigenvalue weighted by molar-refractivity contribution is 5.94. The molecule has 8 heteroatoms. The summed E-state index contributed by atoms with van der Waals surface area (Å²) in [7, 11) is 0. The summed E-state index contributed by atoms with van der Waals surface area (Å²) in [4.78, 5) is 35.7. The zero-order chi connectivity index (χ0) is 16.1. The molecule has 1 aromatic rings.